The zero-order chi connectivity index (χ0) is 14.8. The molecule has 0 amide bonds. The highest BCUT2D eigenvalue weighted by molar-refractivity contribution is 5.32. The summed E-state index contributed by atoms with van der Waals surface area (Å²) in [7, 11) is 0. The molecule has 2 unspecified atom stereocenters. The zero-order valence-electron chi connectivity index (χ0n) is 11.7. The van der Waals surface area contributed by atoms with Crippen molar-refractivity contribution in [1.82, 2.24) is 5.32 Å². The smallest absolute Gasteiger partial charge is 0.373 e. The number of hydrogen-bond donors (Lipinski definition) is 1. The summed E-state index contributed by atoms with van der Waals surface area (Å²) in [6.07, 6.45) is -4.02. The van der Waals surface area contributed by atoms with E-state index in [1.807, 2.05) is 13.8 Å². The van der Waals surface area contributed by atoms with Gasteiger partial charge < -0.3 is 10.1 Å². The first-order chi connectivity index (χ1) is 9.39. The maximum Gasteiger partial charge on any atom is 0.416 e. The quantitative estimate of drug-likeness (QED) is 0.910. The monoisotopic (exact) mass is 287 g/mol. The van der Waals surface area contributed by atoms with Crippen molar-refractivity contribution in [3.05, 3.63) is 35.4 Å². The number of benzene rings is 1. The van der Waals surface area contributed by atoms with Gasteiger partial charge in [0.2, 0.25) is 0 Å². The summed E-state index contributed by atoms with van der Waals surface area (Å²) in [5.74, 6) is 0.0842. The van der Waals surface area contributed by atoms with E-state index in [-0.39, 0.29) is 11.5 Å². The van der Waals surface area contributed by atoms with Crippen LogP contribution in [-0.2, 0) is 10.9 Å². The van der Waals surface area contributed by atoms with Gasteiger partial charge >= 0.3 is 6.18 Å². The highest BCUT2D eigenvalue weighted by Crippen LogP contribution is 2.41. The highest BCUT2D eigenvalue weighted by Gasteiger charge is 2.38. The second kappa shape index (κ2) is 6.14. The molecule has 0 aliphatic carbocycles. The van der Waals surface area contributed by atoms with E-state index in [9.17, 15) is 13.2 Å². The Labute approximate surface area is 117 Å². The van der Waals surface area contributed by atoms with Gasteiger partial charge in [0.15, 0.2) is 0 Å². The van der Waals surface area contributed by atoms with Crippen LogP contribution in [0.3, 0.4) is 0 Å². The normalized spacial score (nSPS) is 23.5. The Bertz CT molecular complexity index is 445. The van der Waals surface area contributed by atoms with Crippen LogP contribution in [0.5, 0.6) is 0 Å². The van der Waals surface area contributed by atoms with E-state index in [1.54, 1.807) is 6.07 Å². The van der Waals surface area contributed by atoms with Gasteiger partial charge in [0.1, 0.15) is 0 Å². The van der Waals surface area contributed by atoms with Crippen molar-refractivity contribution >= 4 is 0 Å². The molecule has 0 bridgehead atoms. The molecule has 1 fully saturated rings. The Hall–Kier alpha value is -1.07. The topological polar surface area (TPSA) is 21.3 Å². The lowest BCUT2D eigenvalue weighted by atomic mass is 9.91. The van der Waals surface area contributed by atoms with Crippen molar-refractivity contribution in [3.8, 4) is 0 Å². The molecule has 112 valence electrons. The van der Waals surface area contributed by atoms with E-state index < -0.39 is 17.8 Å². The van der Waals surface area contributed by atoms with E-state index >= 15 is 0 Å². The van der Waals surface area contributed by atoms with Crippen LogP contribution in [0.15, 0.2) is 24.3 Å². The van der Waals surface area contributed by atoms with Gasteiger partial charge in [-0.05, 0) is 18.1 Å². The van der Waals surface area contributed by atoms with Gasteiger partial charge in [0, 0.05) is 25.1 Å². The number of hydrogen-bond acceptors (Lipinski definition) is 2. The van der Waals surface area contributed by atoms with Gasteiger partial charge in [0.25, 0.3) is 0 Å². The van der Waals surface area contributed by atoms with Crippen molar-refractivity contribution < 1.29 is 17.9 Å². The molecule has 1 saturated heterocycles. The molecule has 0 aromatic heterocycles. The van der Waals surface area contributed by atoms with E-state index in [2.05, 4.69) is 5.32 Å². The first-order valence-electron chi connectivity index (χ1n) is 6.90. The molecule has 20 heavy (non-hydrogen) atoms. The highest BCUT2D eigenvalue weighted by atomic mass is 19.4. The fraction of sp³-hybridized carbons (Fsp3) is 0.600. The van der Waals surface area contributed by atoms with Crippen LogP contribution in [0, 0.1) is 5.92 Å². The first-order valence-corrected chi connectivity index (χ1v) is 6.90. The largest absolute Gasteiger partial charge is 0.416 e. The minimum absolute atomic E-state index is 0.0842. The van der Waals surface area contributed by atoms with Crippen molar-refractivity contribution in [2.24, 2.45) is 5.92 Å². The maximum absolute atomic E-state index is 13.1. The Morgan fingerprint density at radius 3 is 2.65 bits per heavy atom. The molecule has 1 heterocycles. The summed E-state index contributed by atoms with van der Waals surface area (Å²) in [6, 6.07) is 6.03. The second-order valence-electron chi connectivity index (χ2n) is 5.49. The van der Waals surface area contributed by atoms with E-state index in [0.717, 1.165) is 12.5 Å². The molecular formula is C15H20F3NO. The Morgan fingerprint density at radius 2 is 2.00 bits per heavy atom. The van der Waals surface area contributed by atoms with Gasteiger partial charge in [-0.25, -0.2) is 0 Å². The minimum atomic E-state index is -4.33. The summed E-state index contributed by atoms with van der Waals surface area (Å²) >= 11 is 0. The summed E-state index contributed by atoms with van der Waals surface area (Å²) in [5, 5.41) is 3.28. The lowest BCUT2D eigenvalue weighted by Gasteiger charge is -2.23. The molecule has 1 aliphatic heterocycles. The number of nitrogens with one attached hydrogen (secondary N) is 1. The number of ether oxygens (including phenoxy) is 1. The average molecular weight is 287 g/mol. The SMILES string of the molecule is CC(C)NCC1CCOC1c1ccccc1C(F)(F)F. The van der Waals surface area contributed by atoms with Crippen LogP contribution in [-0.4, -0.2) is 19.2 Å². The fourth-order valence-corrected chi connectivity index (χ4v) is 2.58. The number of rotatable bonds is 4. The molecule has 1 aliphatic rings. The van der Waals surface area contributed by atoms with E-state index in [4.69, 9.17) is 4.74 Å². The van der Waals surface area contributed by atoms with Crippen LogP contribution in [0.4, 0.5) is 13.2 Å². The predicted octanol–water partition coefficient (Wildman–Crippen LogP) is 3.78. The van der Waals surface area contributed by atoms with Gasteiger partial charge in [-0.15, -0.1) is 0 Å². The van der Waals surface area contributed by atoms with Crippen molar-refractivity contribution in [3.63, 3.8) is 0 Å². The Morgan fingerprint density at radius 1 is 1.30 bits per heavy atom. The summed E-state index contributed by atoms with van der Waals surface area (Å²) in [4.78, 5) is 0. The Balaban J connectivity index is 2.22. The fourth-order valence-electron chi connectivity index (χ4n) is 2.58. The predicted molar refractivity (Wildman–Crippen MR) is 71.4 cm³/mol. The van der Waals surface area contributed by atoms with Crippen LogP contribution in [0.1, 0.15) is 37.5 Å². The third-order valence-electron chi connectivity index (χ3n) is 3.58. The average Bonchev–Trinajstić information content (AvgIpc) is 2.83. The van der Waals surface area contributed by atoms with Gasteiger partial charge in [-0.2, -0.15) is 13.2 Å². The molecule has 2 rings (SSSR count). The molecule has 1 aromatic carbocycles. The lowest BCUT2D eigenvalue weighted by Crippen LogP contribution is -2.30. The third kappa shape index (κ3) is 3.52. The van der Waals surface area contributed by atoms with Crippen molar-refractivity contribution in [1.29, 1.82) is 0 Å². The summed E-state index contributed by atoms with van der Waals surface area (Å²) in [5.41, 5.74) is -0.325. The lowest BCUT2D eigenvalue weighted by molar-refractivity contribution is -0.139. The molecular weight excluding hydrogens is 267 g/mol. The summed E-state index contributed by atoms with van der Waals surface area (Å²) < 4.78 is 44.8. The van der Waals surface area contributed by atoms with Crippen molar-refractivity contribution in [2.45, 2.75) is 38.6 Å². The minimum Gasteiger partial charge on any atom is -0.373 e. The molecule has 2 nitrogen and oxygen atoms in total. The van der Waals surface area contributed by atoms with E-state index in [1.165, 1.54) is 12.1 Å². The standard InChI is InChI=1S/C15H20F3NO/c1-10(2)19-9-11-7-8-20-14(11)12-5-3-4-6-13(12)15(16,17)18/h3-6,10-11,14,19H,7-9H2,1-2H3. The van der Waals surface area contributed by atoms with Crippen LogP contribution >= 0.6 is 0 Å². The molecule has 0 radical (unpaired) electrons. The van der Waals surface area contributed by atoms with Crippen LogP contribution in [0.25, 0.3) is 0 Å². The maximum atomic E-state index is 13.1. The number of alkyl halides is 3. The first kappa shape index (κ1) is 15.3. The molecule has 5 heteroatoms. The van der Waals surface area contributed by atoms with Gasteiger partial charge in [-0.3, -0.25) is 0 Å². The Kier molecular flexibility index (Phi) is 4.70. The number of halogens is 3. The molecule has 2 atom stereocenters. The van der Waals surface area contributed by atoms with Crippen molar-refractivity contribution in [2.75, 3.05) is 13.2 Å². The molecule has 1 aromatic rings. The second-order valence-corrected chi connectivity index (χ2v) is 5.49. The third-order valence-corrected chi connectivity index (χ3v) is 3.58. The van der Waals surface area contributed by atoms with Gasteiger partial charge in [-0.1, -0.05) is 32.0 Å². The molecule has 1 N–H and O–H groups in total. The molecule has 0 saturated carbocycles. The summed E-state index contributed by atoms with van der Waals surface area (Å²) in [6.45, 7) is 5.23. The molecule has 0 spiro atoms. The van der Waals surface area contributed by atoms with Gasteiger partial charge in [0.05, 0.1) is 11.7 Å². The van der Waals surface area contributed by atoms with Crippen LogP contribution < -0.4 is 5.32 Å². The zero-order valence-corrected chi connectivity index (χ0v) is 11.7. The van der Waals surface area contributed by atoms with E-state index in [0.29, 0.717) is 19.2 Å². The van der Waals surface area contributed by atoms with Crippen LogP contribution in [0.2, 0.25) is 0 Å².